The maximum Gasteiger partial charge on any atom is 0.0520 e. The van der Waals surface area contributed by atoms with Crippen LogP contribution in [0.4, 0.5) is 34.1 Å². The minimum absolute atomic E-state index is 0.0771. The molecule has 2 nitrogen and oxygen atoms in total. The van der Waals surface area contributed by atoms with E-state index in [2.05, 4.69) is 204 Å². The second kappa shape index (κ2) is 14.4. The topological polar surface area (TPSA) is 6.48 Å². The lowest BCUT2D eigenvalue weighted by atomic mass is 9.78. The highest BCUT2D eigenvalue weighted by Gasteiger charge is 2.26. The Morgan fingerprint density at radius 3 is 0.941 bits per heavy atom. The molecule has 0 N–H and O–H groups in total. The van der Waals surface area contributed by atoms with Crippen molar-refractivity contribution in [2.45, 2.75) is 126 Å². The molecule has 5 rings (SSSR count). The van der Waals surface area contributed by atoms with Crippen molar-refractivity contribution >= 4 is 34.1 Å². The highest BCUT2D eigenvalue weighted by Crippen LogP contribution is 2.45. The van der Waals surface area contributed by atoms with Gasteiger partial charge in [-0.1, -0.05) is 116 Å². The highest BCUT2D eigenvalue weighted by atomic mass is 15.2. The standard InChI is InChI=1S/C49H62N2/c1-15-49(14,16-2)38-19-23-42(24-20-38)51(46-36(6)31-40(32-37(46)7)48(11,12)13)44-27-25-43(26-28-44)50(41-21-17-33(3)18-22-41)45-34(4)29-39(30-35(45)5)47(8,9)10/h17-32H,15-16H2,1-14H3. The average Bonchev–Trinajstić information content (AvgIpc) is 3.07. The van der Waals surface area contributed by atoms with Crippen LogP contribution in [0.1, 0.15) is 120 Å². The number of nitrogens with zero attached hydrogens (tertiary/aromatic N) is 2. The molecule has 0 saturated heterocycles. The minimum atomic E-state index is 0.0771. The van der Waals surface area contributed by atoms with Crippen molar-refractivity contribution in [3.05, 3.63) is 142 Å². The zero-order valence-corrected chi connectivity index (χ0v) is 34.0. The van der Waals surface area contributed by atoms with Gasteiger partial charge in [0.15, 0.2) is 0 Å². The Kier molecular flexibility index (Phi) is 10.7. The second-order valence-corrected chi connectivity index (χ2v) is 17.3. The lowest BCUT2D eigenvalue weighted by Gasteiger charge is -2.33. The van der Waals surface area contributed by atoms with Crippen LogP contribution in [-0.2, 0) is 16.2 Å². The molecule has 268 valence electrons. The zero-order chi connectivity index (χ0) is 37.5. The van der Waals surface area contributed by atoms with E-state index >= 15 is 0 Å². The Morgan fingerprint density at radius 1 is 0.392 bits per heavy atom. The molecule has 0 radical (unpaired) electrons. The number of rotatable bonds is 9. The summed E-state index contributed by atoms with van der Waals surface area (Å²) in [6, 6.07) is 37.0. The second-order valence-electron chi connectivity index (χ2n) is 17.3. The summed E-state index contributed by atoms with van der Waals surface area (Å²) < 4.78 is 0. The Bertz CT molecular complexity index is 1910. The molecule has 5 aromatic carbocycles. The summed E-state index contributed by atoms with van der Waals surface area (Å²) in [4.78, 5) is 4.90. The van der Waals surface area contributed by atoms with Crippen molar-refractivity contribution in [1.29, 1.82) is 0 Å². The van der Waals surface area contributed by atoms with E-state index in [1.807, 2.05) is 0 Å². The molecule has 0 aliphatic heterocycles. The third kappa shape index (κ3) is 7.81. The van der Waals surface area contributed by atoms with Crippen LogP contribution in [0.25, 0.3) is 0 Å². The summed E-state index contributed by atoms with van der Waals surface area (Å²) in [7, 11) is 0. The van der Waals surface area contributed by atoms with E-state index in [1.165, 1.54) is 61.6 Å². The van der Waals surface area contributed by atoms with E-state index in [1.54, 1.807) is 0 Å². The van der Waals surface area contributed by atoms with Gasteiger partial charge in [0.05, 0.1) is 11.4 Å². The van der Waals surface area contributed by atoms with E-state index in [0.717, 1.165) is 29.9 Å². The molecule has 2 heteroatoms. The van der Waals surface area contributed by atoms with Crippen molar-refractivity contribution in [2.75, 3.05) is 9.80 Å². The number of anilines is 6. The highest BCUT2D eigenvalue weighted by molar-refractivity contribution is 5.85. The molecule has 51 heavy (non-hydrogen) atoms. The summed E-state index contributed by atoms with van der Waals surface area (Å²) in [5, 5.41) is 0. The van der Waals surface area contributed by atoms with Gasteiger partial charge < -0.3 is 9.80 Å². The van der Waals surface area contributed by atoms with Crippen LogP contribution in [0, 0.1) is 34.6 Å². The first-order valence-electron chi connectivity index (χ1n) is 19.0. The molecule has 0 aliphatic carbocycles. The predicted octanol–water partition coefficient (Wildman–Crippen LogP) is 14.8. The van der Waals surface area contributed by atoms with Crippen LogP contribution in [0.2, 0.25) is 0 Å². The Hall–Kier alpha value is -4.30. The zero-order valence-electron chi connectivity index (χ0n) is 34.0. The van der Waals surface area contributed by atoms with Gasteiger partial charge in [-0.15, -0.1) is 0 Å². The molecule has 0 bridgehead atoms. The van der Waals surface area contributed by atoms with Crippen molar-refractivity contribution in [1.82, 2.24) is 0 Å². The maximum atomic E-state index is 2.46. The summed E-state index contributed by atoms with van der Waals surface area (Å²) >= 11 is 0. The number of benzene rings is 5. The summed E-state index contributed by atoms with van der Waals surface area (Å²) in [6.07, 6.45) is 2.24. The monoisotopic (exact) mass is 678 g/mol. The fourth-order valence-electron chi connectivity index (χ4n) is 7.41. The fourth-order valence-corrected chi connectivity index (χ4v) is 7.41. The number of hydrogen-bond acceptors (Lipinski definition) is 2. The number of aryl methyl sites for hydroxylation is 5. The van der Waals surface area contributed by atoms with Gasteiger partial charge >= 0.3 is 0 Å². The average molecular weight is 679 g/mol. The molecule has 0 aromatic heterocycles. The van der Waals surface area contributed by atoms with Gasteiger partial charge in [0.2, 0.25) is 0 Å². The van der Waals surface area contributed by atoms with Gasteiger partial charge in [-0.05, 0) is 151 Å². The van der Waals surface area contributed by atoms with Crippen LogP contribution in [0.3, 0.4) is 0 Å². The van der Waals surface area contributed by atoms with Crippen LogP contribution >= 0.6 is 0 Å². The van der Waals surface area contributed by atoms with E-state index in [9.17, 15) is 0 Å². The lowest BCUT2D eigenvalue weighted by molar-refractivity contribution is 0.439. The molecule has 0 amide bonds. The molecule has 5 aromatic rings. The SMILES string of the molecule is CCC(C)(CC)c1ccc(N(c2ccc(N(c3ccc(C)cc3)c3c(C)cc(C(C)(C)C)cc3C)cc2)c2c(C)cc(C(C)(C)C)cc2C)cc1. The minimum Gasteiger partial charge on any atom is -0.310 e. The van der Waals surface area contributed by atoms with Crippen LogP contribution < -0.4 is 9.80 Å². The van der Waals surface area contributed by atoms with Gasteiger partial charge in [0.25, 0.3) is 0 Å². The smallest absolute Gasteiger partial charge is 0.0520 e. The quantitative estimate of drug-likeness (QED) is 0.153. The predicted molar refractivity (Wildman–Crippen MR) is 225 cm³/mol. The normalized spacial score (nSPS) is 12.3. The van der Waals surface area contributed by atoms with Crippen LogP contribution in [0.15, 0.2) is 97.1 Å². The van der Waals surface area contributed by atoms with Gasteiger partial charge in [0, 0.05) is 22.7 Å². The molecule has 0 heterocycles. The molecule has 0 unspecified atom stereocenters. The van der Waals surface area contributed by atoms with Crippen molar-refractivity contribution in [3.63, 3.8) is 0 Å². The fraction of sp³-hybridized carbons (Fsp3) is 0.388. The van der Waals surface area contributed by atoms with Gasteiger partial charge in [-0.2, -0.15) is 0 Å². The molecule has 0 spiro atoms. The van der Waals surface area contributed by atoms with Crippen molar-refractivity contribution in [2.24, 2.45) is 0 Å². The van der Waals surface area contributed by atoms with Crippen molar-refractivity contribution in [3.8, 4) is 0 Å². The van der Waals surface area contributed by atoms with E-state index in [4.69, 9.17) is 0 Å². The first kappa shape index (κ1) is 37.9. The van der Waals surface area contributed by atoms with Crippen LogP contribution in [0.5, 0.6) is 0 Å². The maximum absolute atomic E-state index is 2.46. The van der Waals surface area contributed by atoms with E-state index in [0.29, 0.717) is 0 Å². The summed E-state index contributed by atoms with van der Waals surface area (Å²) in [6.45, 7) is 32.0. The first-order valence-corrected chi connectivity index (χ1v) is 19.0. The van der Waals surface area contributed by atoms with Gasteiger partial charge in [-0.3, -0.25) is 0 Å². The summed E-state index contributed by atoms with van der Waals surface area (Å²) in [5.41, 5.74) is 18.0. The Labute approximate surface area is 310 Å². The largest absolute Gasteiger partial charge is 0.310 e. The third-order valence-corrected chi connectivity index (χ3v) is 11.2. The molecular formula is C49H62N2. The van der Waals surface area contributed by atoms with E-state index in [-0.39, 0.29) is 16.2 Å². The molecular weight excluding hydrogens is 617 g/mol. The van der Waals surface area contributed by atoms with Gasteiger partial charge in [0.1, 0.15) is 0 Å². The third-order valence-electron chi connectivity index (χ3n) is 11.2. The molecule has 0 fully saturated rings. The lowest BCUT2D eigenvalue weighted by Crippen LogP contribution is -2.20. The first-order chi connectivity index (χ1) is 23.9. The Balaban J connectivity index is 1.68. The summed E-state index contributed by atoms with van der Waals surface area (Å²) in [5.74, 6) is 0. The molecule has 0 saturated carbocycles. The van der Waals surface area contributed by atoms with Crippen molar-refractivity contribution < 1.29 is 0 Å². The molecule has 0 atom stereocenters. The van der Waals surface area contributed by atoms with E-state index < -0.39 is 0 Å². The Morgan fingerprint density at radius 2 is 0.667 bits per heavy atom. The molecule has 0 aliphatic rings. The van der Waals surface area contributed by atoms with Crippen LogP contribution in [-0.4, -0.2) is 0 Å². The van der Waals surface area contributed by atoms with Gasteiger partial charge in [-0.25, -0.2) is 0 Å². The number of hydrogen-bond donors (Lipinski definition) is 0.